The van der Waals surface area contributed by atoms with E-state index in [0.717, 1.165) is 12.8 Å². The number of benzene rings is 2. The molecule has 0 bridgehead atoms. The van der Waals surface area contributed by atoms with Crippen molar-refractivity contribution in [1.82, 2.24) is 4.90 Å². The molecule has 0 aliphatic heterocycles. The van der Waals surface area contributed by atoms with E-state index < -0.39 is 10.0 Å². The van der Waals surface area contributed by atoms with E-state index in [0.29, 0.717) is 23.2 Å². The largest absolute Gasteiger partial charge is 0.495 e. The number of ether oxygens (including phenoxy) is 2. The molecule has 2 aromatic carbocycles. The van der Waals surface area contributed by atoms with E-state index in [4.69, 9.17) is 21.1 Å². The fourth-order valence-electron chi connectivity index (χ4n) is 3.29. The van der Waals surface area contributed by atoms with Gasteiger partial charge in [0, 0.05) is 23.7 Å². The number of esters is 1. The van der Waals surface area contributed by atoms with Crippen LogP contribution in [-0.2, 0) is 19.6 Å². The van der Waals surface area contributed by atoms with Crippen LogP contribution in [0.3, 0.4) is 0 Å². The Morgan fingerprint density at radius 1 is 1.18 bits per heavy atom. The average molecular weight is 495 g/mol. The van der Waals surface area contributed by atoms with Crippen molar-refractivity contribution in [2.24, 2.45) is 5.92 Å². The normalized spacial score (nSPS) is 13.3. The first-order chi connectivity index (χ1) is 15.7. The molecule has 0 atom stereocenters. The second kappa shape index (κ2) is 10.9. The van der Waals surface area contributed by atoms with Gasteiger partial charge in [0.25, 0.3) is 15.9 Å². The molecule has 1 aliphatic carbocycles. The van der Waals surface area contributed by atoms with Gasteiger partial charge in [-0.05, 0) is 62.1 Å². The number of amides is 1. The summed E-state index contributed by atoms with van der Waals surface area (Å²) in [7, 11) is -2.60. The fourth-order valence-corrected chi connectivity index (χ4v) is 4.57. The van der Waals surface area contributed by atoms with Gasteiger partial charge in [-0.25, -0.2) is 8.42 Å². The SMILES string of the molecule is CCOC(=O)CCN(CC1CC1)C(=O)c1cccc(S(=O)(=O)Nc2cc(Cl)ccc2OC)c1. The van der Waals surface area contributed by atoms with Crippen LogP contribution in [0.5, 0.6) is 5.75 Å². The maximum absolute atomic E-state index is 13.2. The summed E-state index contributed by atoms with van der Waals surface area (Å²) in [4.78, 5) is 26.5. The maximum Gasteiger partial charge on any atom is 0.307 e. The van der Waals surface area contributed by atoms with Gasteiger partial charge in [-0.2, -0.15) is 0 Å². The van der Waals surface area contributed by atoms with E-state index in [-0.39, 0.29) is 47.6 Å². The number of rotatable bonds is 11. The van der Waals surface area contributed by atoms with E-state index in [9.17, 15) is 18.0 Å². The highest BCUT2D eigenvalue weighted by molar-refractivity contribution is 7.92. The smallest absolute Gasteiger partial charge is 0.307 e. The van der Waals surface area contributed by atoms with E-state index in [2.05, 4.69) is 4.72 Å². The van der Waals surface area contributed by atoms with Gasteiger partial charge in [-0.1, -0.05) is 17.7 Å². The molecule has 3 rings (SSSR count). The summed E-state index contributed by atoms with van der Waals surface area (Å²) in [5.41, 5.74) is 0.409. The molecule has 1 fully saturated rings. The van der Waals surface area contributed by atoms with E-state index in [1.165, 1.54) is 31.4 Å². The second-order valence-electron chi connectivity index (χ2n) is 7.73. The Kier molecular flexibility index (Phi) is 8.20. The van der Waals surface area contributed by atoms with Crippen LogP contribution in [0.25, 0.3) is 0 Å². The van der Waals surface area contributed by atoms with Crippen molar-refractivity contribution in [3.63, 3.8) is 0 Å². The number of sulfonamides is 1. The minimum atomic E-state index is -4.02. The number of hydrogen-bond acceptors (Lipinski definition) is 6. The van der Waals surface area contributed by atoms with Crippen LogP contribution >= 0.6 is 11.6 Å². The van der Waals surface area contributed by atoms with Crippen LogP contribution in [-0.4, -0.2) is 52.0 Å². The molecule has 1 saturated carbocycles. The Morgan fingerprint density at radius 3 is 2.61 bits per heavy atom. The second-order valence-corrected chi connectivity index (χ2v) is 9.85. The topological polar surface area (TPSA) is 102 Å². The molecule has 1 aliphatic rings. The zero-order valence-corrected chi connectivity index (χ0v) is 20.1. The molecule has 0 unspecified atom stereocenters. The maximum atomic E-state index is 13.2. The molecular weight excluding hydrogens is 468 g/mol. The van der Waals surface area contributed by atoms with Crippen LogP contribution in [0, 0.1) is 5.92 Å². The predicted molar refractivity (Wildman–Crippen MR) is 125 cm³/mol. The third kappa shape index (κ3) is 6.85. The summed E-state index contributed by atoms with van der Waals surface area (Å²) >= 11 is 6.00. The molecule has 178 valence electrons. The van der Waals surface area contributed by atoms with Gasteiger partial charge in [-0.15, -0.1) is 0 Å². The van der Waals surface area contributed by atoms with Crippen molar-refractivity contribution in [2.45, 2.75) is 31.1 Å². The molecule has 0 saturated heterocycles. The number of carbonyl (C=O) groups excluding carboxylic acids is 2. The number of anilines is 1. The lowest BCUT2D eigenvalue weighted by molar-refractivity contribution is -0.143. The molecular formula is C23H27ClN2O6S. The zero-order chi connectivity index (χ0) is 24.0. The van der Waals surface area contributed by atoms with Crippen molar-refractivity contribution in [3.8, 4) is 5.75 Å². The van der Waals surface area contributed by atoms with E-state index in [1.807, 2.05) is 0 Å². The molecule has 33 heavy (non-hydrogen) atoms. The first kappa shape index (κ1) is 24.9. The van der Waals surface area contributed by atoms with Gasteiger partial charge >= 0.3 is 5.97 Å². The highest BCUT2D eigenvalue weighted by atomic mass is 35.5. The van der Waals surface area contributed by atoms with Crippen molar-refractivity contribution < 1.29 is 27.5 Å². The Labute approximate surface area is 198 Å². The molecule has 0 aromatic heterocycles. The van der Waals surface area contributed by atoms with Gasteiger partial charge in [0.15, 0.2) is 0 Å². The minimum absolute atomic E-state index is 0.0767. The van der Waals surface area contributed by atoms with Gasteiger partial charge in [0.05, 0.1) is 30.7 Å². The summed E-state index contributed by atoms with van der Waals surface area (Å²) in [6.07, 6.45) is 2.15. The van der Waals surface area contributed by atoms with Gasteiger partial charge in [0.2, 0.25) is 0 Å². The summed E-state index contributed by atoms with van der Waals surface area (Å²) in [6, 6.07) is 10.4. The molecule has 1 N–H and O–H groups in total. The highest BCUT2D eigenvalue weighted by Crippen LogP contribution is 2.31. The third-order valence-corrected chi connectivity index (χ3v) is 6.75. The van der Waals surface area contributed by atoms with Crippen molar-refractivity contribution in [2.75, 3.05) is 31.5 Å². The lowest BCUT2D eigenvalue weighted by atomic mass is 10.2. The van der Waals surface area contributed by atoms with Crippen molar-refractivity contribution in [3.05, 3.63) is 53.1 Å². The van der Waals surface area contributed by atoms with Crippen LogP contribution < -0.4 is 9.46 Å². The number of halogens is 1. The van der Waals surface area contributed by atoms with Crippen LogP contribution in [0.2, 0.25) is 5.02 Å². The summed E-state index contributed by atoms with van der Waals surface area (Å²) in [6.45, 7) is 2.74. The number of nitrogens with zero attached hydrogens (tertiary/aromatic N) is 1. The van der Waals surface area contributed by atoms with Crippen LogP contribution in [0.4, 0.5) is 5.69 Å². The summed E-state index contributed by atoms with van der Waals surface area (Å²) in [5, 5.41) is 0.342. The van der Waals surface area contributed by atoms with Crippen LogP contribution in [0.15, 0.2) is 47.4 Å². The molecule has 0 radical (unpaired) electrons. The van der Waals surface area contributed by atoms with Gasteiger partial charge in [-0.3, -0.25) is 14.3 Å². The molecule has 10 heteroatoms. The van der Waals surface area contributed by atoms with Crippen LogP contribution in [0.1, 0.15) is 36.5 Å². The molecule has 0 heterocycles. The molecule has 8 nitrogen and oxygen atoms in total. The van der Waals surface area contributed by atoms with E-state index in [1.54, 1.807) is 30.0 Å². The minimum Gasteiger partial charge on any atom is -0.495 e. The number of hydrogen-bond donors (Lipinski definition) is 1. The Bertz CT molecular complexity index is 1120. The lowest BCUT2D eigenvalue weighted by Gasteiger charge is -2.22. The Hall–Kier alpha value is -2.78. The molecule has 2 aromatic rings. The Balaban J connectivity index is 1.81. The first-order valence-corrected chi connectivity index (χ1v) is 12.5. The van der Waals surface area contributed by atoms with Gasteiger partial charge < -0.3 is 14.4 Å². The zero-order valence-electron chi connectivity index (χ0n) is 18.5. The number of nitrogens with one attached hydrogen (secondary N) is 1. The predicted octanol–water partition coefficient (Wildman–Crippen LogP) is 3.95. The quantitative estimate of drug-likeness (QED) is 0.474. The number of methoxy groups -OCH3 is 1. The highest BCUT2D eigenvalue weighted by Gasteiger charge is 2.28. The Morgan fingerprint density at radius 2 is 1.94 bits per heavy atom. The summed E-state index contributed by atoms with van der Waals surface area (Å²) < 4.78 is 38.6. The first-order valence-electron chi connectivity index (χ1n) is 10.6. The van der Waals surface area contributed by atoms with Gasteiger partial charge in [0.1, 0.15) is 5.75 Å². The average Bonchev–Trinajstić information content (AvgIpc) is 3.60. The molecule has 1 amide bonds. The third-order valence-electron chi connectivity index (χ3n) is 5.15. The van der Waals surface area contributed by atoms with E-state index >= 15 is 0 Å². The fraction of sp³-hybridized carbons (Fsp3) is 0.391. The lowest BCUT2D eigenvalue weighted by Crippen LogP contribution is -2.35. The molecule has 0 spiro atoms. The monoisotopic (exact) mass is 494 g/mol. The van der Waals surface area contributed by atoms with Crippen molar-refractivity contribution >= 4 is 39.2 Å². The van der Waals surface area contributed by atoms with Crippen molar-refractivity contribution in [1.29, 1.82) is 0 Å². The standard InChI is InChI=1S/C23H27ClN2O6S/c1-3-32-22(27)11-12-26(15-16-7-8-16)23(28)17-5-4-6-19(13-17)33(29,30)25-20-14-18(24)9-10-21(20)31-2/h4-6,9-10,13-14,16,25H,3,7-8,11-12,15H2,1-2H3. The summed E-state index contributed by atoms with van der Waals surface area (Å²) in [5.74, 6) is 0.00970. The number of carbonyl (C=O) groups is 2.